The van der Waals surface area contributed by atoms with Gasteiger partial charge in [-0.2, -0.15) is 0 Å². The summed E-state index contributed by atoms with van der Waals surface area (Å²) in [5, 5.41) is 11.2. The summed E-state index contributed by atoms with van der Waals surface area (Å²) in [6, 6.07) is 0.417. The van der Waals surface area contributed by atoms with Crippen molar-refractivity contribution in [2.45, 2.75) is 32.0 Å². The fourth-order valence-electron chi connectivity index (χ4n) is 1.89. The van der Waals surface area contributed by atoms with Crippen LogP contribution in [0.2, 0.25) is 0 Å². The Kier molecular flexibility index (Phi) is 2.79. The Morgan fingerprint density at radius 3 is 3.07 bits per heavy atom. The molecule has 0 saturated heterocycles. The number of hydrogen-bond donors (Lipinski definition) is 2. The number of rotatable bonds is 4. The predicted octanol–water partition coefficient (Wildman–Crippen LogP) is -0.265. The molecule has 0 unspecified atom stereocenters. The molecule has 1 aliphatic rings. The van der Waals surface area contributed by atoms with Gasteiger partial charge in [-0.15, -0.1) is 5.10 Å². The van der Waals surface area contributed by atoms with E-state index in [1.165, 1.54) is 0 Å². The van der Waals surface area contributed by atoms with E-state index in [1.54, 1.807) is 0 Å². The quantitative estimate of drug-likeness (QED) is 0.694. The molecule has 5 heteroatoms. The monoisotopic (exact) mass is 195 g/mol. The van der Waals surface area contributed by atoms with E-state index in [4.69, 9.17) is 5.73 Å². The molecule has 1 fully saturated rings. The molecule has 1 heterocycles. The highest BCUT2D eigenvalue weighted by Crippen LogP contribution is 2.26. The van der Waals surface area contributed by atoms with Gasteiger partial charge in [0.2, 0.25) is 0 Å². The second-order valence-electron chi connectivity index (χ2n) is 4.06. The third-order valence-corrected chi connectivity index (χ3v) is 2.66. The van der Waals surface area contributed by atoms with Crippen LogP contribution in [-0.4, -0.2) is 28.1 Å². The summed E-state index contributed by atoms with van der Waals surface area (Å²) in [5.74, 6) is 0.703. The number of aromatic nitrogens is 3. The van der Waals surface area contributed by atoms with Gasteiger partial charge in [-0.25, -0.2) is 0 Å². The van der Waals surface area contributed by atoms with Gasteiger partial charge >= 0.3 is 0 Å². The molecule has 3 N–H and O–H groups in total. The van der Waals surface area contributed by atoms with Crippen LogP contribution in [0.1, 0.15) is 18.5 Å². The first-order chi connectivity index (χ1) is 6.78. The summed E-state index contributed by atoms with van der Waals surface area (Å²) >= 11 is 0. The molecule has 0 bridgehead atoms. The van der Waals surface area contributed by atoms with Crippen LogP contribution in [0.3, 0.4) is 0 Å². The summed E-state index contributed by atoms with van der Waals surface area (Å²) in [7, 11) is 1.91. The number of nitrogens with one attached hydrogen (secondary N) is 1. The Bertz CT molecular complexity index is 289. The van der Waals surface area contributed by atoms with Gasteiger partial charge in [-0.05, 0) is 25.8 Å². The summed E-state index contributed by atoms with van der Waals surface area (Å²) in [6.07, 6.45) is 4.25. The Morgan fingerprint density at radius 1 is 1.64 bits per heavy atom. The topological polar surface area (TPSA) is 68.8 Å². The Labute approximate surface area is 83.7 Å². The standard InChI is InChI=1S/C9H17N5/c1-11-4-9-6-14(13-12-9)5-7-2-8(10)3-7/h6-8,11H,2-5,10H2,1H3. The van der Waals surface area contributed by atoms with Crippen molar-refractivity contribution in [3.05, 3.63) is 11.9 Å². The molecule has 0 spiro atoms. The predicted molar refractivity (Wildman–Crippen MR) is 53.5 cm³/mol. The minimum atomic E-state index is 0.417. The lowest BCUT2D eigenvalue weighted by Gasteiger charge is -2.31. The number of hydrogen-bond acceptors (Lipinski definition) is 4. The molecule has 0 atom stereocenters. The SMILES string of the molecule is CNCc1cn(CC2CC(N)C2)nn1. The van der Waals surface area contributed by atoms with E-state index in [1.807, 2.05) is 17.9 Å². The smallest absolute Gasteiger partial charge is 0.0964 e. The maximum Gasteiger partial charge on any atom is 0.0964 e. The van der Waals surface area contributed by atoms with Crippen molar-refractivity contribution in [3.63, 3.8) is 0 Å². The average Bonchev–Trinajstić information content (AvgIpc) is 2.51. The molecule has 1 aromatic rings. The molecule has 14 heavy (non-hydrogen) atoms. The lowest BCUT2D eigenvalue weighted by Crippen LogP contribution is -2.38. The second-order valence-corrected chi connectivity index (χ2v) is 4.06. The average molecular weight is 195 g/mol. The normalized spacial score (nSPS) is 26.1. The molecule has 1 aromatic heterocycles. The van der Waals surface area contributed by atoms with E-state index >= 15 is 0 Å². The van der Waals surface area contributed by atoms with Crippen molar-refractivity contribution in [3.8, 4) is 0 Å². The molecular weight excluding hydrogens is 178 g/mol. The van der Waals surface area contributed by atoms with Crippen molar-refractivity contribution in [1.29, 1.82) is 0 Å². The van der Waals surface area contributed by atoms with Crippen LogP contribution in [0.4, 0.5) is 0 Å². The van der Waals surface area contributed by atoms with Gasteiger partial charge in [0.1, 0.15) is 0 Å². The van der Waals surface area contributed by atoms with Crippen LogP contribution >= 0.6 is 0 Å². The van der Waals surface area contributed by atoms with Gasteiger partial charge in [-0.3, -0.25) is 4.68 Å². The van der Waals surface area contributed by atoms with Crippen LogP contribution in [-0.2, 0) is 13.1 Å². The largest absolute Gasteiger partial charge is 0.328 e. The van der Waals surface area contributed by atoms with E-state index in [0.717, 1.165) is 31.6 Å². The van der Waals surface area contributed by atoms with Gasteiger partial charge < -0.3 is 11.1 Å². The first kappa shape index (κ1) is 9.61. The van der Waals surface area contributed by atoms with Crippen LogP contribution in [0.25, 0.3) is 0 Å². The fourth-order valence-corrected chi connectivity index (χ4v) is 1.89. The second kappa shape index (κ2) is 4.06. The van der Waals surface area contributed by atoms with Crippen molar-refractivity contribution in [1.82, 2.24) is 20.3 Å². The Hall–Kier alpha value is -0.940. The highest BCUT2D eigenvalue weighted by molar-refractivity contribution is 4.92. The zero-order valence-corrected chi connectivity index (χ0v) is 8.48. The molecule has 0 aliphatic heterocycles. The number of nitrogens with two attached hydrogens (primary N) is 1. The molecule has 0 aromatic carbocycles. The Morgan fingerprint density at radius 2 is 2.43 bits per heavy atom. The van der Waals surface area contributed by atoms with Crippen LogP contribution < -0.4 is 11.1 Å². The zero-order chi connectivity index (χ0) is 9.97. The first-order valence-electron chi connectivity index (χ1n) is 5.07. The molecule has 0 radical (unpaired) electrons. The van der Waals surface area contributed by atoms with Gasteiger partial charge in [0.25, 0.3) is 0 Å². The first-order valence-corrected chi connectivity index (χ1v) is 5.07. The van der Waals surface area contributed by atoms with Crippen LogP contribution in [0, 0.1) is 5.92 Å². The molecule has 78 valence electrons. The Balaban J connectivity index is 1.84. The third kappa shape index (κ3) is 2.10. The van der Waals surface area contributed by atoms with Gasteiger partial charge in [-0.1, -0.05) is 5.21 Å². The van der Waals surface area contributed by atoms with Gasteiger partial charge in [0, 0.05) is 25.3 Å². The molecule has 0 amide bonds. The molecule has 5 nitrogen and oxygen atoms in total. The summed E-state index contributed by atoms with van der Waals surface area (Å²) in [6.45, 7) is 1.74. The maximum atomic E-state index is 5.72. The lowest BCUT2D eigenvalue weighted by atomic mass is 9.81. The van der Waals surface area contributed by atoms with Crippen molar-refractivity contribution < 1.29 is 0 Å². The molecular formula is C9H17N5. The van der Waals surface area contributed by atoms with E-state index < -0.39 is 0 Å². The molecule has 1 aliphatic carbocycles. The zero-order valence-electron chi connectivity index (χ0n) is 8.48. The van der Waals surface area contributed by atoms with Crippen LogP contribution in [0.15, 0.2) is 6.20 Å². The third-order valence-electron chi connectivity index (χ3n) is 2.66. The summed E-state index contributed by atoms with van der Waals surface area (Å²) in [4.78, 5) is 0. The maximum absolute atomic E-state index is 5.72. The number of nitrogens with zero attached hydrogens (tertiary/aromatic N) is 3. The fraction of sp³-hybridized carbons (Fsp3) is 0.778. The van der Waals surface area contributed by atoms with Crippen LogP contribution in [0.5, 0.6) is 0 Å². The molecule has 2 rings (SSSR count). The van der Waals surface area contributed by atoms with Crippen molar-refractivity contribution in [2.24, 2.45) is 11.7 Å². The van der Waals surface area contributed by atoms with E-state index in [9.17, 15) is 0 Å². The summed E-state index contributed by atoms with van der Waals surface area (Å²) < 4.78 is 1.92. The highest BCUT2D eigenvalue weighted by atomic mass is 15.4. The highest BCUT2D eigenvalue weighted by Gasteiger charge is 2.26. The van der Waals surface area contributed by atoms with E-state index in [2.05, 4.69) is 15.6 Å². The molecule has 1 saturated carbocycles. The minimum Gasteiger partial charge on any atom is -0.328 e. The van der Waals surface area contributed by atoms with Crippen molar-refractivity contribution >= 4 is 0 Å². The summed E-state index contributed by atoms with van der Waals surface area (Å²) in [5.41, 5.74) is 6.72. The minimum absolute atomic E-state index is 0.417. The van der Waals surface area contributed by atoms with E-state index in [0.29, 0.717) is 12.0 Å². The van der Waals surface area contributed by atoms with Gasteiger partial charge in [0.05, 0.1) is 5.69 Å². The van der Waals surface area contributed by atoms with E-state index in [-0.39, 0.29) is 0 Å². The van der Waals surface area contributed by atoms with Gasteiger partial charge in [0.15, 0.2) is 0 Å². The van der Waals surface area contributed by atoms with Crippen molar-refractivity contribution in [2.75, 3.05) is 7.05 Å². The lowest BCUT2D eigenvalue weighted by molar-refractivity contribution is 0.225.